The maximum atomic E-state index is 11.3. The number of carbonyl (C=O) groups excluding carboxylic acids is 1. The molecule has 2 aromatic carbocycles. The number of hydrogen-bond donors (Lipinski definition) is 2. The molecule has 4 nitrogen and oxygen atoms in total. The van der Waals surface area contributed by atoms with Gasteiger partial charge in [0.05, 0.1) is 12.6 Å². The first kappa shape index (κ1) is 16.5. The van der Waals surface area contributed by atoms with Crippen LogP contribution in [0.25, 0.3) is 0 Å². The first-order valence-corrected chi connectivity index (χ1v) is 7.40. The molecular formula is C17H19ClN2O2. The Morgan fingerprint density at radius 3 is 2.41 bits per heavy atom. The molecule has 0 aliphatic carbocycles. The Bertz CT molecular complexity index is 602. The Morgan fingerprint density at radius 2 is 1.82 bits per heavy atom. The van der Waals surface area contributed by atoms with E-state index < -0.39 is 18.2 Å². The molecule has 0 saturated carbocycles. The number of halogens is 1. The van der Waals surface area contributed by atoms with E-state index in [1.807, 2.05) is 54.6 Å². The van der Waals surface area contributed by atoms with E-state index in [0.717, 1.165) is 11.1 Å². The van der Waals surface area contributed by atoms with Gasteiger partial charge >= 0.3 is 0 Å². The number of carbonyl (C=O) groups is 1. The average molecular weight is 319 g/mol. The quantitative estimate of drug-likeness (QED) is 0.771. The molecule has 2 unspecified atom stereocenters. The Kier molecular flexibility index (Phi) is 5.95. The van der Waals surface area contributed by atoms with Gasteiger partial charge in [-0.1, -0.05) is 54.1 Å². The van der Waals surface area contributed by atoms with Crippen LogP contribution >= 0.6 is 11.6 Å². The van der Waals surface area contributed by atoms with Crippen molar-refractivity contribution in [1.82, 2.24) is 5.32 Å². The van der Waals surface area contributed by atoms with Gasteiger partial charge in [-0.2, -0.15) is 0 Å². The zero-order valence-corrected chi connectivity index (χ0v) is 13.1. The lowest BCUT2D eigenvalue weighted by atomic mass is 10.1. The summed E-state index contributed by atoms with van der Waals surface area (Å²) in [6, 6.07) is 16.6. The second kappa shape index (κ2) is 7.94. The van der Waals surface area contributed by atoms with Crippen LogP contribution < -0.4 is 11.1 Å². The highest BCUT2D eigenvalue weighted by atomic mass is 35.5. The second-order valence-corrected chi connectivity index (χ2v) is 5.46. The normalized spacial score (nSPS) is 13.5. The number of primary amides is 1. The van der Waals surface area contributed by atoms with Crippen LogP contribution in [0.1, 0.15) is 24.3 Å². The van der Waals surface area contributed by atoms with Crippen molar-refractivity contribution in [2.45, 2.75) is 25.8 Å². The number of hydrogen-bond acceptors (Lipinski definition) is 3. The number of nitrogens with one attached hydrogen (secondary N) is 1. The van der Waals surface area contributed by atoms with E-state index >= 15 is 0 Å². The Hall–Kier alpha value is -1.88. The summed E-state index contributed by atoms with van der Waals surface area (Å²) >= 11 is 5.87. The fraction of sp³-hybridized carbons (Fsp3) is 0.235. The van der Waals surface area contributed by atoms with Crippen LogP contribution in [0.5, 0.6) is 0 Å². The van der Waals surface area contributed by atoms with Crippen molar-refractivity contribution in [3.8, 4) is 0 Å². The van der Waals surface area contributed by atoms with Gasteiger partial charge in [-0.05, 0) is 30.2 Å². The van der Waals surface area contributed by atoms with Crippen molar-refractivity contribution in [3.63, 3.8) is 0 Å². The molecule has 3 N–H and O–H groups in total. The third-order valence-electron chi connectivity index (χ3n) is 3.26. The van der Waals surface area contributed by atoms with Crippen LogP contribution in [0, 0.1) is 0 Å². The highest BCUT2D eigenvalue weighted by molar-refractivity contribution is 6.30. The van der Waals surface area contributed by atoms with Crippen LogP contribution in [-0.4, -0.2) is 11.9 Å². The minimum Gasteiger partial charge on any atom is -0.368 e. The van der Waals surface area contributed by atoms with E-state index in [2.05, 4.69) is 5.32 Å². The Labute approximate surface area is 135 Å². The molecule has 1 amide bonds. The highest BCUT2D eigenvalue weighted by Crippen LogP contribution is 2.18. The maximum Gasteiger partial charge on any atom is 0.234 e. The summed E-state index contributed by atoms with van der Waals surface area (Å²) < 4.78 is 5.91. The van der Waals surface area contributed by atoms with E-state index in [1.54, 1.807) is 6.92 Å². The number of ether oxygens (including phenoxy) is 1. The SMILES string of the molecule is CC(NC(OCc1ccc(Cl)cc1)c1ccccc1)C(N)=O. The summed E-state index contributed by atoms with van der Waals surface area (Å²) in [4.78, 5) is 11.3. The molecule has 0 heterocycles. The van der Waals surface area contributed by atoms with E-state index in [4.69, 9.17) is 22.1 Å². The van der Waals surface area contributed by atoms with Crippen LogP contribution in [0.4, 0.5) is 0 Å². The lowest BCUT2D eigenvalue weighted by Crippen LogP contribution is -2.41. The molecule has 2 aromatic rings. The first-order chi connectivity index (χ1) is 10.6. The van der Waals surface area contributed by atoms with E-state index in [9.17, 15) is 4.79 Å². The number of amides is 1. The van der Waals surface area contributed by atoms with Crippen LogP contribution in [-0.2, 0) is 16.1 Å². The summed E-state index contributed by atoms with van der Waals surface area (Å²) in [6.45, 7) is 2.11. The molecule has 0 fully saturated rings. The molecule has 0 spiro atoms. The summed E-state index contributed by atoms with van der Waals surface area (Å²) in [5, 5.41) is 3.78. The smallest absolute Gasteiger partial charge is 0.234 e. The van der Waals surface area contributed by atoms with Crippen molar-refractivity contribution in [3.05, 3.63) is 70.7 Å². The van der Waals surface area contributed by atoms with Crippen molar-refractivity contribution in [2.24, 2.45) is 5.73 Å². The fourth-order valence-electron chi connectivity index (χ4n) is 1.94. The van der Waals surface area contributed by atoms with Gasteiger partial charge in [0, 0.05) is 5.02 Å². The van der Waals surface area contributed by atoms with Gasteiger partial charge in [0.25, 0.3) is 0 Å². The average Bonchev–Trinajstić information content (AvgIpc) is 2.53. The van der Waals surface area contributed by atoms with Crippen molar-refractivity contribution in [2.75, 3.05) is 0 Å². The highest BCUT2D eigenvalue weighted by Gasteiger charge is 2.17. The van der Waals surface area contributed by atoms with Crippen LogP contribution in [0.2, 0.25) is 5.02 Å². The summed E-state index contributed by atoms with van der Waals surface area (Å²) in [6.07, 6.45) is -0.417. The van der Waals surface area contributed by atoms with E-state index in [0.29, 0.717) is 11.6 Å². The lowest BCUT2D eigenvalue weighted by molar-refractivity contribution is -0.121. The zero-order valence-electron chi connectivity index (χ0n) is 12.3. The standard InChI is InChI=1S/C17H19ClN2O2/c1-12(16(19)21)20-17(14-5-3-2-4-6-14)22-11-13-7-9-15(18)10-8-13/h2-10,12,17,20H,11H2,1H3,(H2,19,21). The molecule has 116 valence electrons. The van der Waals surface area contributed by atoms with Gasteiger partial charge in [-0.15, -0.1) is 0 Å². The first-order valence-electron chi connectivity index (χ1n) is 7.02. The van der Waals surface area contributed by atoms with Gasteiger partial charge in [0.1, 0.15) is 6.23 Å². The molecule has 0 radical (unpaired) electrons. The monoisotopic (exact) mass is 318 g/mol. The fourth-order valence-corrected chi connectivity index (χ4v) is 2.06. The molecule has 0 aliphatic heterocycles. The molecule has 5 heteroatoms. The molecular weight excluding hydrogens is 300 g/mol. The van der Waals surface area contributed by atoms with Crippen molar-refractivity contribution < 1.29 is 9.53 Å². The number of nitrogens with two attached hydrogens (primary N) is 1. The van der Waals surface area contributed by atoms with Crippen LogP contribution in [0.3, 0.4) is 0 Å². The molecule has 0 saturated heterocycles. The van der Waals surface area contributed by atoms with Crippen molar-refractivity contribution in [1.29, 1.82) is 0 Å². The molecule has 2 atom stereocenters. The summed E-state index contributed by atoms with van der Waals surface area (Å²) in [5.41, 5.74) is 7.25. The topological polar surface area (TPSA) is 64.3 Å². The van der Waals surface area contributed by atoms with Gasteiger partial charge < -0.3 is 10.5 Å². The summed E-state index contributed by atoms with van der Waals surface area (Å²) in [5.74, 6) is -0.420. The molecule has 0 bridgehead atoms. The van der Waals surface area contributed by atoms with E-state index in [-0.39, 0.29) is 0 Å². The Balaban J connectivity index is 2.07. The Morgan fingerprint density at radius 1 is 1.18 bits per heavy atom. The van der Waals surface area contributed by atoms with Gasteiger partial charge in [0.2, 0.25) is 5.91 Å². The summed E-state index contributed by atoms with van der Waals surface area (Å²) in [7, 11) is 0. The molecule has 0 aliphatic rings. The van der Waals surface area contributed by atoms with Gasteiger partial charge in [-0.25, -0.2) is 0 Å². The third-order valence-corrected chi connectivity index (χ3v) is 3.51. The van der Waals surface area contributed by atoms with Gasteiger partial charge in [0.15, 0.2) is 0 Å². The third kappa shape index (κ3) is 4.84. The van der Waals surface area contributed by atoms with Crippen LogP contribution in [0.15, 0.2) is 54.6 Å². The van der Waals surface area contributed by atoms with E-state index in [1.165, 1.54) is 0 Å². The molecule has 22 heavy (non-hydrogen) atoms. The molecule has 2 rings (SSSR count). The minimum absolute atomic E-state index is 0.398. The predicted octanol–water partition coefficient (Wildman–Crippen LogP) is 3.02. The molecule has 0 aromatic heterocycles. The number of rotatable bonds is 7. The number of benzene rings is 2. The van der Waals surface area contributed by atoms with Gasteiger partial charge in [-0.3, -0.25) is 10.1 Å². The largest absolute Gasteiger partial charge is 0.368 e. The maximum absolute atomic E-state index is 11.3. The van der Waals surface area contributed by atoms with Crippen molar-refractivity contribution >= 4 is 17.5 Å². The predicted molar refractivity (Wildman–Crippen MR) is 87.2 cm³/mol. The zero-order chi connectivity index (χ0) is 15.9. The minimum atomic E-state index is -0.490. The lowest BCUT2D eigenvalue weighted by Gasteiger charge is -2.22. The second-order valence-electron chi connectivity index (χ2n) is 5.02.